The largest absolute Gasteiger partial charge is 0.508 e. The maximum atomic E-state index is 12.0. The zero-order valence-electron chi connectivity index (χ0n) is 9.15. The third kappa shape index (κ3) is 3.03. The molecule has 0 unspecified atom stereocenters. The minimum Gasteiger partial charge on any atom is -0.508 e. The van der Waals surface area contributed by atoms with Gasteiger partial charge in [-0.25, -0.2) is 0 Å². The van der Waals surface area contributed by atoms with Crippen molar-refractivity contribution in [1.82, 2.24) is 0 Å². The third-order valence-electron chi connectivity index (χ3n) is 2.30. The van der Waals surface area contributed by atoms with Crippen molar-refractivity contribution in [2.24, 2.45) is 0 Å². The summed E-state index contributed by atoms with van der Waals surface area (Å²) >= 11 is 9.25. The molecule has 2 aromatic rings. The Morgan fingerprint density at radius 3 is 2.50 bits per heavy atom. The first-order valence-electron chi connectivity index (χ1n) is 5.12. The van der Waals surface area contributed by atoms with Crippen LogP contribution in [-0.4, -0.2) is 11.0 Å². The minimum atomic E-state index is -0.299. The summed E-state index contributed by atoms with van der Waals surface area (Å²) in [6, 6.07) is 11.3. The number of halogens is 2. The van der Waals surface area contributed by atoms with Crippen LogP contribution in [0, 0.1) is 0 Å². The summed E-state index contributed by atoms with van der Waals surface area (Å²) in [5.41, 5.74) is 0.980. The van der Waals surface area contributed by atoms with Crippen LogP contribution < -0.4 is 5.32 Å². The van der Waals surface area contributed by atoms with Gasteiger partial charge in [-0.2, -0.15) is 0 Å². The highest BCUT2D eigenvalue weighted by atomic mass is 79.9. The van der Waals surface area contributed by atoms with Gasteiger partial charge in [0, 0.05) is 10.2 Å². The van der Waals surface area contributed by atoms with Gasteiger partial charge in [-0.1, -0.05) is 27.5 Å². The molecular formula is C13H9BrClNO2. The molecular weight excluding hydrogens is 318 g/mol. The van der Waals surface area contributed by atoms with E-state index in [-0.39, 0.29) is 11.7 Å². The van der Waals surface area contributed by atoms with Gasteiger partial charge < -0.3 is 10.4 Å². The average molecular weight is 327 g/mol. The molecule has 0 aliphatic rings. The number of carbonyl (C=O) groups excluding carboxylic acids is 1. The molecule has 2 aromatic carbocycles. The smallest absolute Gasteiger partial charge is 0.257 e. The zero-order valence-corrected chi connectivity index (χ0v) is 11.5. The van der Waals surface area contributed by atoms with Crippen LogP contribution in [0.25, 0.3) is 0 Å². The maximum Gasteiger partial charge on any atom is 0.257 e. The molecule has 92 valence electrons. The summed E-state index contributed by atoms with van der Waals surface area (Å²) in [4.78, 5) is 12.0. The number of carbonyl (C=O) groups is 1. The first-order valence-corrected chi connectivity index (χ1v) is 6.29. The molecule has 0 aromatic heterocycles. The van der Waals surface area contributed by atoms with Gasteiger partial charge in [-0.15, -0.1) is 0 Å². The molecule has 0 saturated heterocycles. The van der Waals surface area contributed by atoms with Gasteiger partial charge in [0.1, 0.15) is 5.75 Å². The quantitative estimate of drug-likeness (QED) is 0.818. The number of nitrogens with one attached hydrogen (secondary N) is 1. The summed E-state index contributed by atoms with van der Waals surface area (Å²) in [6.07, 6.45) is 0. The first-order chi connectivity index (χ1) is 8.56. The van der Waals surface area contributed by atoms with Crippen molar-refractivity contribution in [3.63, 3.8) is 0 Å². The van der Waals surface area contributed by atoms with Crippen LogP contribution in [0.4, 0.5) is 5.69 Å². The number of amides is 1. The molecule has 1 amide bonds. The van der Waals surface area contributed by atoms with Crippen molar-refractivity contribution in [1.29, 1.82) is 0 Å². The highest BCUT2D eigenvalue weighted by molar-refractivity contribution is 9.10. The van der Waals surface area contributed by atoms with Crippen LogP contribution in [0.3, 0.4) is 0 Å². The molecule has 0 aliphatic carbocycles. The summed E-state index contributed by atoms with van der Waals surface area (Å²) in [5.74, 6) is -0.152. The second kappa shape index (κ2) is 5.42. The predicted molar refractivity (Wildman–Crippen MR) is 75.2 cm³/mol. The van der Waals surface area contributed by atoms with Crippen LogP contribution in [0.15, 0.2) is 46.9 Å². The Labute approximate surface area is 118 Å². The standard InChI is InChI=1S/C13H9BrClNO2/c14-8-1-6-12(15)11(7-8)13(18)16-9-2-4-10(17)5-3-9/h1-7,17H,(H,16,18). The Hall–Kier alpha value is -1.52. The fourth-order valence-corrected chi connectivity index (χ4v) is 1.98. The van der Waals surface area contributed by atoms with Gasteiger partial charge in [0.05, 0.1) is 10.6 Å². The molecule has 0 fully saturated rings. The molecule has 2 rings (SSSR count). The second-order valence-electron chi connectivity index (χ2n) is 3.63. The SMILES string of the molecule is O=C(Nc1ccc(O)cc1)c1cc(Br)ccc1Cl. The Morgan fingerprint density at radius 1 is 1.17 bits per heavy atom. The van der Waals surface area contributed by atoms with Gasteiger partial charge in [-0.3, -0.25) is 4.79 Å². The van der Waals surface area contributed by atoms with Crippen LogP contribution in [0.5, 0.6) is 5.75 Å². The number of hydrogen-bond donors (Lipinski definition) is 2. The summed E-state index contributed by atoms with van der Waals surface area (Å²) in [6.45, 7) is 0. The van der Waals surface area contributed by atoms with E-state index in [2.05, 4.69) is 21.2 Å². The topological polar surface area (TPSA) is 49.3 Å². The fraction of sp³-hybridized carbons (Fsp3) is 0. The number of anilines is 1. The maximum absolute atomic E-state index is 12.0. The Balaban J connectivity index is 2.21. The van der Waals surface area contributed by atoms with Gasteiger partial charge >= 0.3 is 0 Å². The van der Waals surface area contributed by atoms with Gasteiger partial charge in [0.2, 0.25) is 0 Å². The van der Waals surface area contributed by atoms with E-state index in [4.69, 9.17) is 16.7 Å². The summed E-state index contributed by atoms with van der Waals surface area (Å²) in [7, 11) is 0. The van der Waals surface area contributed by atoms with Crippen molar-refractivity contribution >= 4 is 39.1 Å². The second-order valence-corrected chi connectivity index (χ2v) is 4.95. The van der Waals surface area contributed by atoms with E-state index in [9.17, 15) is 4.79 Å². The van der Waals surface area contributed by atoms with E-state index in [0.717, 1.165) is 4.47 Å². The van der Waals surface area contributed by atoms with Crippen molar-refractivity contribution in [3.8, 4) is 5.75 Å². The number of hydrogen-bond acceptors (Lipinski definition) is 2. The van der Waals surface area contributed by atoms with Crippen molar-refractivity contribution < 1.29 is 9.90 Å². The summed E-state index contributed by atoms with van der Waals surface area (Å²) < 4.78 is 0.780. The van der Waals surface area contributed by atoms with Gasteiger partial charge in [-0.05, 0) is 42.5 Å². The first kappa shape index (κ1) is 12.9. The molecule has 5 heteroatoms. The number of phenolic OH excluding ortho intramolecular Hbond substituents is 1. The van der Waals surface area contributed by atoms with Crippen LogP contribution in [0.1, 0.15) is 10.4 Å². The normalized spacial score (nSPS) is 10.1. The lowest BCUT2D eigenvalue weighted by atomic mass is 10.2. The molecule has 0 radical (unpaired) electrons. The van der Waals surface area contributed by atoms with Crippen molar-refractivity contribution in [2.75, 3.05) is 5.32 Å². The monoisotopic (exact) mass is 325 g/mol. The van der Waals surface area contributed by atoms with Crippen molar-refractivity contribution in [2.45, 2.75) is 0 Å². The molecule has 0 aliphatic heterocycles. The number of aromatic hydroxyl groups is 1. The average Bonchev–Trinajstić information content (AvgIpc) is 2.35. The molecule has 3 nitrogen and oxygen atoms in total. The van der Waals surface area contributed by atoms with E-state index < -0.39 is 0 Å². The fourth-order valence-electron chi connectivity index (χ4n) is 1.41. The molecule has 0 spiro atoms. The number of rotatable bonds is 2. The number of phenols is 1. The van der Waals surface area contributed by atoms with E-state index in [1.54, 1.807) is 30.3 Å². The molecule has 18 heavy (non-hydrogen) atoms. The molecule has 0 heterocycles. The molecule has 2 N–H and O–H groups in total. The van der Waals surface area contributed by atoms with Gasteiger partial charge in [0.25, 0.3) is 5.91 Å². The van der Waals surface area contributed by atoms with Crippen molar-refractivity contribution in [3.05, 3.63) is 57.5 Å². The van der Waals surface area contributed by atoms with E-state index in [0.29, 0.717) is 16.3 Å². The van der Waals surface area contributed by atoms with E-state index in [1.165, 1.54) is 12.1 Å². The number of benzene rings is 2. The Bertz CT molecular complexity index is 584. The Morgan fingerprint density at radius 2 is 1.83 bits per heavy atom. The minimum absolute atomic E-state index is 0.147. The summed E-state index contributed by atoms with van der Waals surface area (Å²) in [5, 5.41) is 12.2. The van der Waals surface area contributed by atoms with E-state index in [1.807, 2.05) is 0 Å². The van der Waals surface area contributed by atoms with E-state index >= 15 is 0 Å². The molecule has 0 atom stereocenters. The highest BCUT2D eigenvalue weighted by Gasteiger charge is 2.11. The third-order valence-corrected chi connectivity index (χ3v) is 3.12. The van der Waals surface area contributed by atoms with Crippen LogP contribution in [0.2, 0.25) is 5.02 Å². The van der Waals surface area contributed by atoms with Gasteiger partial charge in [0.15, 0.2) is 0 Å². The lowest BCUT2D eigenvalue weighted by Gasteiger charge is -2.07. The Kier molecular flexibility index (Phi) is 3.89. The predicted octanol–water partition coefficient (Wildman–Crippen LogP) is 4.06. The molecule has 0 saturated carbocycles. The van der Waals surface area contributed by atoms with Crippen LogP contribution in [-0.2, 0) is 0 Å². The lowest BCUT2D eigenvalue weighted by molar-refractivity contribution is 0.102. The lowest BCUT2D eigenvalue weighted by Crippen LogP contribution is -2.12. The molecule has 0 bridgehead atoms. The zero-order chi connectivity index (χ0) is 13.1. The van der Waals surface area contributed by atoms with Crippen LogP contribution >= 0.6 is 27.5 Å². The highest BCUT2D eigenvalue weighted by Crippen LogP contribution is 2.22.